The van der Waals surface area contributed by atoms with Crippen LogP contribution in [0.4, 0.5) is 0 Å². The molecule has 1 aliphatic carbocycles. The third-order valence-electron chi connectivity index (χ3n) is 4.69. The molecule has 1 unspecified atom stereocenters. The maximum Gasteiger partial charge on any atom is 0.223 e. The Kier molecular flexibility index (Phi) is 3.58. The van der Waals surface area contributed by atoms with Crippen LogP contribution >= 0.6 is 0 Å². The quantitative estimate of drug-likeness (QED) is 0.781. The first-order valence-corrected chi connectivity index (χ1v) is 8.07. The third-order valence-corrected chi connectivity index (χ3v) is 4.69. The van der Waals surface area contributed by atoms with Gasteiger partial charge in [-0.25, -0.2) is 4.98 Å². The lowest BCUT2D eigenvalue weighted by molar-refractivity contribution is -0.125. The standard InChI is InChI=1S/C19H19N3O/c23-19(14-8-9-17-18(10-14)22-12-21-17)20-11-15-6-3-5-13-4-1-2-7-16(13)15/h1-7,12,14H,8-11H2,(H,20,23)(H,21,22). The molecule has 0 saturated carbocycles. The average Bonchev–Trinajstić information content (AvgIpc) is 3.07. The van der Waals surface area contributed by atoms with E-state index in [2.05, 4.69) is 39.6 Å². The summed E-state index contributed by atoms with van der Waals surface area (Å²) in [4.78, 5) is 19.9. The second-order valence-corrected chi connectivity index (χ2v) is 6.12. The summed E-state index contributed by atoms with van der Waals surface area (Å²) in [5.74, 6) is 0.177. The van der Waals surface area contributed by atoms with E-state index in [1.165, 1.54) is 10.8 Å². The number of carbonyl (C=O) groups excluding carboxylic acids is 1. The smallest absolute Gasteiger partial charge is 0.223 e. The van der Waals surface area contributed by atoms with Crippen molar-refractivity contribution in [2.75, 3.05) is 0 Å². The second-order valence-electron chi connectivity index (χ2n) is 6.12. The van der Waals surface area contributed by atoms with Gasteiger partial charge in [0.05, 0.1) is 12.0 Å². The highest BCUT2D eigenvalue weighted by molar-refractivity contribution is 5.86. The molecule has 116 valence electrons. The Hall–Kier alpha value is -2.62. The molecule has 23 heavy (non-hydrogen) atoms. The van der Waals surface area contributed by atoms with Crippen LogP contribution in [0.2, 0.25) is 0 Å². The summed E-state index contributed by atoms with van der Waals surface area (Å²) in [5, 5.41) is 5.52. The van der Waals surface area contributed by atoms with Crippen molar-refractivity contribution in [2.45, 2.75) is 25.8 Å². The van der Waals surface area contributed by atoms with Crippen LogP contribution in [0.1, 0.15) is 23.4 Å². The van der Waals surface area contributed by atoms with E-state index < -0.39 is 0 Å². The van der Waals surface area contributed by atoms with Crippen LogP contribution in [0.3, 0.4) is 0 Å². The highest BCUT2D eigenvalue weighted by Gasteiger charge is 2.25. The number of fused-ring (bicyclic) bond motifs is 2. The molecular formula is C19H19N3O. The van der Waals surface area contributed by atoms with Crippen molar-refractivity contribution in [1.82, 2.24) is 15.3 Å². The molecular weight excluding hydrogens is 286 g/mol. The van der Waals surface area contributed by atoms with Gasteiger partial charge in [0, 0.05) is 24.6 Å². The van der Waals surface area contributed by atoms with Crippen molar-refractivity contribution in [3.05, 3.63) is 65.7 Å². The van der Waals surface area contributed by atoms with E-state index in [1.54, 1.807) is 6.33 Å². The monoisotopic (exact) mass is 305 g/mol. The number of hydrogen-bond acceptors (Lipinski definition) is 2. The molecule has 0 saturated heterocycles. The van der Waals surface area contributed by atoms with Crippen LogP contribution in [0.15, 0.2) is 48.8 Å². The number of nitrogens with one attached hydrogen (secondary N) is 2. The molecule has 4 nitrogen and oxygen atoms in total. The van der Waals surface area contributed by atoms with Gasteiger partial charge in [0.15, 0.2) is 0 Å². The van der Waals surface area contributed by atoms with Crippen LogP contribution in [0.5, 0.6) is 0 Å². The van der Waals surface area contributed by atoms with Crippen LogP contribution < -0.4 is 5.32 Å². The van der Waals surface area contributed by atoms with Crippen LogP contribution in [-0.2, 0) is 24.2 Å². The number of rotatable bonds is 3. The van der Waals surface area contributed by atoms with Crippen molar-refractivity contribution in [3.8, 4) is 0 Å². The minimum absolute atomic E-state index is 0.0397. The van der Waals surface area contributed by atoms with Crippen molar-refractivity contribution in [3.63, 3.8) is 0 Å². The molecule has 4 heteroatoms. The molecule has 1 amide bonds. The van der Waals surface area contributed by atoms with Crippen LogP contribution in [0.25, 0.3) is 10.8 Å². The predicted octanol–water partition coefficient (Wildman–Crippen LogP) is 2.98. The number of hydrogen-bond donors (Lipinski definition) is 2. The summed E-state index contributed by atoms with van der Waals surface area (Å²) in [7, 11) is 0. The van der Waals surface area contributed by atoms with Gasteiger partial charge in [0.1, 0.15) is 0 Å². The fraction of sp³-hybridized carbons (Fsp3) is 0.263. The molecule has 0 bridgehead atoms. The predicted molar refractivity (Wildman–Crippen MR) is 89.9 cm³/mol. The molecule has 3 aromatic rings. The van der Waals surface area contributed by atoms with Gasteiger partial charge in [-0.15, -0.1) is 0 Å². The maximum atomic E-state index is 12.5. The summed E-state index contributed by atoms with van der Waals surface area (Å²) in [6.45, 7) is 0.576. The number of H-pyrrole nitrogens is 1. The number of aromatic amines is 1. The van der Waals surface area contributed by atoms with E-state index in [-0.39, 0.29) is 11.8 Å². The molecule has 4 rings (SSSR count). The van der Waals surface area contributed by atoms with Gasteiger partial charge in [0.2, 0.25) is 5.91 Å². The highest BCUT2D eigenvalue weighted by Crippen LogP contribution is 2.23. The first-order chi connectivity index (χ1) is 11.3. The van der Waals surface area contributed by atoms with Gasteiger partial charge in [-0.05, 0) is 29.2 Å². The Balaban J connectivity index is 1.45. The normalized spacial score (nSPS) is 17.0. The van der Waals surface area contributed by atoms with Crippen molar-refractivity contribution in [2.24, 2.45) is 5.92 Å². The first kappa shape index (κ1) is 14.0. The van der Waals surface area contributed by atoms with Gasteiger partial charge in [0.25, 0.3) is 0 Å². The fourth-order valence-electron chi connectivity index (χ4n) is 3.40. The zero-order chi connectivity index (χ0) is 15.6. The highest BCUT2D eigenvalue weighted by atomic mass is 16.1. The van der Waals surface area contributed by atoms with Gasteiger partial charge >= 0.3 is 0 Å². The van der Waals surface area contributed by atoms with E-state index in [0.717, 1.165) is 36.2 Å². The van der Waals surface area contributed by atoms with E-state index in [0.29, 0.717) is 6.54 Å². The third kappa shape index (κ3) is 2.72. The Morgan fingerprint density at radius 1 is 1.22 bits per heavy atom. The zero-order valence-electron chi connectivity index (χ0n) is 12.9. The molecule has 1 heterocycles. The SMILES string of the molecule is O=C(NCc1cccc2ccccc12)C1CCc2nc[nH]c2C1. The van der Waals surface area contributed by atoms with E-state index in [1.807, 2.05) is 18.2 Å². The number of aromatic nitrogens is 2. The fourth-order valence-corrected chi connectivity index (χ4v) is 3.40. The molecule has 1 atom stereocenters. The minimum atomic E-state index is 0.0397. The van der Waals surface area contributed by atoms with E-state index in [9.17, 15) is 4.79 Å². The van der Waals surface area contributed by atoms with E-state index in [4.69, 9.17) is 0 Å². The molecule has 0 aliphatic heterocycles. The first-order valence-electron chi connectivity index (χ1n) is 8.07. The number of carbonyl (C=O) groups is 1. The molecule has 0 fully saturated rings. The molecule has 0 radical (unpaired) electrons. The lowest BCUT2D eigenvalue weighted by Crippen LogP contribution is -2.33. The summed E-state index contributed by atoms with van der Waals surface area (Å²) < 4.78 is 0. The number of imidazole rings is 1. The summed E-state index contributed by atoms with van der Waals surface area (Å²) in [6.07, 6.45) is 4.24. The maximum absolute atomic E-state index is 12.5. The van der Waals surface area contributed by atoms with Gasteiger partial charge in [-0.3, -0.25) is 4.79 Å². The minimum Gasteiger partial charge on any atom is -0.352 e. The number of nitrogens with zero attached hydrogens (tertiary/aromatic N) is 1. The topological polar surface area (TPSA) is 57.8 Å². The Morgan fingerprint density at radius 2 is 2.09 bits per heavy atom. The van der Waals surface area contributed by atoms with Crippen molar-refractivity contribution < 1.29 is 4.79 Å². The molecule has 1 aromatic heterocycles. The largest absolute Gasteiger partial charge is 0.352 e. The van der Waals surface area contributed by atoms with Crippen LogP contribution in [0, 0.1) is 5.92 Å². The molecule has 2 N–H and O–H groups in total. The van der Waals surface area contributed by atoms with Gasteiger partial charge in [-0.2, -0.15) is 0 Å². The van der Waals surface area contributed by atoms with Gasteiger partial charge in [-0.1, -0.05) is 42.5 Å². The second kappa shape index (κ2) is 5.88. The van der Waals surface area contributed by atoms with Gasteiger partial charge < -0.3 is 10.3 Å². The summed E-state index contributed by atoms with van der Waals surface area (Å²) in [6, 6.07) is 14.5. The number of aryl methyl sites for hydroxylation is 1. The Morgan fingerprint density at radius 3 is 3.04 bits per heavy atom. The number of amides is 1. The van der Waals surface area contributed by atoms with Crippen LogP contribution in [-0.4, -0.2) is 15.9 Å². The number of benzene rings is 2. The molecule has 2 aromatic carbocycles. The average molecular weight is 305 g/mol. The lowest BCUT2D eigenvalue weighted by Gasteiger charge is -2.20. The zero-order valence-corrected chi connectivity index (χ0v) is 12.9. The Labute approximate surface area is 134 Å². The van der Waals surface area contributed by atoms with Crippen molar-refractivity contribution >= 4 is 16.7 Å². The molecule has 0 spiro atoms. The molecule has 1 aliphatic rings. The summed E-state index contributed by atoms with van der Waals surface area (Å²) in [5.41, 5.74) is 3.39. The lowest BCUT2D eigenvalue weighted by atomic mass is 9.89. The van der Waals surface area contributed by atoms with Crippen molar-refractivity contribution in [1.29, 1.82) is 0 Å². The van der Waals surface area contributed by atoms with E-state index >= 15 is 0 Å². The summed E-state index contributed by atoms with van der Waals surface area (Å²) >= 11 is 0. The Bertz CT molecular complexity index is 847.